The Morgan fingerprint density at radius 1 is 1.42 bits per heavy atom. The molecule has 1 aromatic rings. The molecule has 0 spiro atoms. The van der Waals surface area contributed by atoms with Gasteiger partial charge in [-0.1, -0.05) is 18.5 Å². The lowest BCUT2D eigenvalue weighted by Gasteiger charge is -2.25. The molecule has 1 N–H and O–H groups in total. The van der Waals surface area contributed by atoms with Gasteiger partial charge in [-0.25, -0.2) is 0 Å². The monoisotopic (exact) mass is 285 g/mol. The van der Waals surface area contributed by atoms with E-state index in [0.29, 0.717) is 29.5 Å². The SMILES string of the molecule is CCOc1ccc(NC(=O)[C@](C)(CC)OC)cc1Cl. The van der Waals surface area contributed by atoms with Gasteiger partial charge in [0, 0.05) is 12.8 Å². The van der Waals surface area contributed by atoms with Gasteiger partial charge in [-0.15, -0.1) is 0 Å². The van der Waals surface area contributed by atoms with Crippen molar-refractivity contribution in [2.24, 2.45) is 0 Å². The highest BCUT2D eigenvalue weighted by molar-refractivity contribution is 6.32. The molecule has 1 rings (SSSR count). The third-order valence-corrected chi connectivity index (χ3v) is 3.39. The van der Waals surface area contributed by atoms with E-state index in [1.54, 1.807) is 25.1 Å². The van der Waals surface area contributed by atoms with E-state index < -0.39 is 5.60 Å². The molecule has 0 aliphatic heterocycles. The average Bonchev–Trinajstić information content (AvgIpc) is 2.41. The molecule has 19 heavy (non-hydrogen) atoms. The fourth-order valence-electron chi connectivity index (χ4n) is 1.51. The smallest absolute Gasteiger partial charge is 0.256 e. The summed E-state index contributed by atoms with van der Waals surface area (Å²) in [5, 5.41) is 3.26. The van der Waals surface area contributed by atoms with Gasteiger partial charge in [0.05, 0.1) is 11.6 Å². The zero-order valence-corrected chi connectivity index (χ0v) is 12.5. The van der Waals surface area contributed by atoms with Crippen molar-refractivity contribution in [1.82, 2.24) is 0 Å². The van der Waals surface area contributed by atoms with Gasteiger partial charge < -0.3 is 14.8 Å². The number of methoxy groups -OCH3 is 1. The summed E-state index contributed by atoms with van der Waals surface area (Å²) in [6.45, 7) is 6.08. The maximum atomic E-state index is 12.1. The minimum absolute atomic E-state index is 0.197. The Balaban J connectivity index is 2.83. The summed E-state index contributed by atoms with van der Waals surface area (Å²) < 4.78 is 10.6. The molecule has 106 valence electrons. The lowest BCUT2D eigenvalue weighted by Crippen LogP contribution is -2.41. The van der Waals surface area contributed by atoms with E-state index in [1.165, 1.54) is 7.11 Å². The molecule has 0 aromatic heterocycles. The predicted octanol–water partition coefficient (Wildman–Crippen LogP) is 3.49. The molecule has 0 heterocycles. The van der Waals surface area contributed by atoms with Crippen LogP contribution in [0.4, 0.5) is 5.69 Å². The van der Waals surface area contributed by atoms with Crippen molar-refractivity contribution in [3.8, 4) is 5.75 Å². The van der Waals surface area contributed by atoms with E-state index in [4.69, 9.17) is 21.1 Å². The summed E-state index contributed by atoms with van der Waals surface area (Å²) in [4.78, 5) is 12.1. The van der Waals surface area contributed by atoms with Crippen molar-refractivity contribution in [1.29, 1.82) is 0 Å². The van der Waals surface area contributed by atoms with Gasteiger partial charge in [-0.05, 0) is 38.5 Å². The molecule has 0 unspecified atom stereocenters. The van der Waals surface area contributed by atoms with Crippen LogP contribution in [-0.2, 0) is 9.53 Å². The van der Waals surface area contributed by atoms with Crippen LogP contribution in [0, 0.1) is 0 Å². The first-order valence-electron chi connectivity index (χ1n) is 6.25. The standard InChI is InChI=1S/C14H20ClNO3/c1-5-14(3,18-4)13(17)16-10-7-8-12(19-6-2)11(15)9-10/h7-9H,5-6H2,1-4H3,(H,16,17)/t14-/m0/s1. The molecule has 1 atom stereocenters. The first-order chi connectivity index (χ1) is 8.96. The van der Waals surface area contributed by atoms with Crippen molar-refractivity contribution in [3.05, 3.63) is 23.2 Å². The Morgan fingerprint density at radius 3 is 2.58 bits per heavy atom. The summed E-state index contributed by atoms with van der Waals surface area (Å²) in [7, 11) is 1.52. The highest BCUT2D eigenvalue weighted by atomic mass is 35.5. The van der Waals surface area contributed by atoms with E-state index in [2.05, 4.69) is 5.32 Å². The fraction of sp³-hybridized carbons (Fsp3) is 0.500. The largest absolute Gasteiger partial charge is 0.492 e. The molecule has 0 saturated carbocycles. The molecule has 0 saturated heterocycles. The molecule has 4 nitrogen and oxygen atoms in total. The Morgan fingerprint density at radius 2 is 2.11 bits per heavy atom. The number of carbonyl (C=O) groups is 1. The molecule has 0 fully saturated rings. The summed E-state index contributed by atoms with van der Waals surface area (Å²) >= 11 is 6.07. The zero-order chi connectivity index (χ0) is 14.5. The molecule has 1 amide bonds. The summed E-state index contributed by atoms with van der Waals surface area (Å²) in [5.74, 6) is 0.407. The molecule has 0 radical (unpaired) electrons. The molecule has 0 aliphatic carbocycles. The van der Waals surface area contributed by atoms with E-state index in [-0.39, 0.29) is 5.91 Å². The van der Waals surface area contributed by atoms with Gasteiger partial charge in [-0.2, -0.15) is 0 Å². The van der Waals surface area contributed by atoms with Crippen molar-refractivity contribution >= 4 is 23.2 Å². The van der Waals surface area contributed by atoms with Crippen LogP contribution in [0.3, 0.4) is 0 Å². The van der Waals surface area contributed by atoms with Crippen molar-refractivity contribution in [3.63, 3.8) is 0 Å². The first-order valence-corrected chi connectivity index (χ1v) is 6.63. The molecule has 5 heteroatoms. The number of benzene rings is 1. The number of nitrogens with one attached hydrogen (secondary N) is 1. The third-order valence-electron chi connectivity index (χ3n) is 3.10. The summed E-state index contributed by atoms with van der Waals surface area (Å²) in [5.41, 5.74) is -0.222. The van der Waals surface area contributed by atoms with Gasteiger partial charge in [0.2, 0.25) is 0 Å². The highest BCUT2D eigenvalue weighted by Crippen LogP contribution is 2.28. The van der Waals surface area contributed by atoms with Gasteiger partial charge in [0.1, 0.15) is 11.4 Å². The lowest BCUT2D eigenvalue weighted by atomic mass is 10.0. The van der Waals surface area contributed by atoms with Gasteiger partial charge in [-0.3, -0.25) is 4.79 Å². The maximum Gasteiger partial charge on any atom is 0.256 e. The van der Waals surface area contributed by atoms with Crippen molar-refractivity contribution in [2.75, 3.05) is 19.0 Å². The number of hydrogen-bond donors (Lipinski definition) is 1. The second kappa shape index (κ2) is 6.78. The Bertz CT molecular complexity index is 444. The molecule has 0 bridgehead atoms. The number of ether oxygens (including phenoxy) is 2. The Labute approximate surface area is 119 Å². The number of anilines is 1. The minimum atomic E-state index is -0.842. The van der Waals surface area contributed by atoms with Gasteiger partial charge >= 0.3 is 0 Å². The van der Waals surface area contributed by atoms with Crippen LogP contribution < -0.4 is 10.1 Å². The highest BCUT2D eigenvalue weighted by Gasteiger charge is 2.30. The number of carbonyl (C=O) groups excluding carboxylic acids is 1. The van der Waals surface area contributed by atoms with E-state index >= 15 is 0 Å². The van der Waals surface area contributed by atoms with Crippen LogP contribution in [0.25, 0.3) is 0 Å². The van der Waals surface area contributed by atoms with Gasteiger partial charge in [0.15, 0.2) is 0 Å². The fourth-order valence-corrected chi connectivity index (χ4v) is 1.75. The summed E-state index contributed by atoms with van der Waals surface area (Å²) in [6, 6.07) is 5.15. The molecular weight excluding hydrogens is 266 g/mol. The van der Waals surface area contributed by atoms with Crippen LogP contribution in [0.1, 0.15) is 27.2 Å². The Kier molecular flexibility index (Phi) is 5.63. The predicted molar refractivity (Wildman–Crippen MR) is 77.0 cm³/mol. The van der Waals surface area contributed by atoms with Crippen LogP contribution >= 0.6 is 11.6 Å². The number of rotatable bonds is 6. The molecular formula is C14H20ClNO3. The number of hydrogen-bond acceptors (Lipinski definition) is 3. The molecule has 1 aromatic carbocycles. The minimum Gasteiger partial charge on any atom is -0.492 e. The van der Waals surface area contributed by atoms with E-state index in [0.717, 1.165) is 0 Å². The van der Waals surface area contributed by atoms with Crippen LogP contribution in [0.15, 0.2) is 18.2 Å². The Hall–Kier alpha value is -1.26. The second-order valence-corrected chi connectivity index (χ2v) is 4.73. The normalized spacial score (nSPS) is 13.7. The van der Waals surface area contributed by atoms with Crippen molar-refractivity contribution < 1.29 is 14.3 Å². The zero-order valence-electron chi connectivity index (χ0n) is 11.7. The van der Waals surface area contributed by atoms with Crippen LogP contribution in [0.2, 0.25) is 5.02 Å². The average molecular weight is 286 g/mol. The molecule has 0 aliphatic rings. The van der Waals surface area contributed by atoms with Crippen LogP contribution in [-0.4, -0.2) is 25.2 Å². The topological polar surface area (TPSA) is 47.6 Å². The maximum absolute atomic E-state index is 12.1. The summed E-state index contributed by atoms with van der Waals surface area (Å²) in [6.07, 6.45) is 0.583. The quantitative estimate of drug-likeness (QED) is 0.870. The van der Waals surface area contributed by atoms with E-state index in [1.807, 2.05) is 13.8 Å². The second-order valence-electron chi connectivity index (χ2n) is 4.32. The van der Waals surface area contributed by atoms with Gasteiger partial charge in [0.25, 0.3) is 5.91 Å². The number of amides is 1. The number of halogens is 1. The van der Waals surface area contributed by atoms with Crippen LogP contribution in [0.5, 0.6) is 5.75 Å². The first kappa shape index (κ1) is 15.8. The third kappa shape index (κ3) is 3.85. The van der Waals surface area contributed by atoms with Crippen molar-refractivity contribution in [2.45, 2.75) is 32.8 Å². The van der Waals surface area contributed by atoms with E-state index in [9.17, 15) is 4.79 Å². The lowest BCUT2D eigenvalue weighted by molar-refractivity contribution is -0.136.